The molecule has 0 spiro atoms. The lowest BCUT2D eigenvalue weighted by Gasteiger charge is -2.23. The second kappa shape index (κ2) is 7.81. The van der Waals surface area contributed by atoms with E-state index >= 15 is 0 Å². The van der Waals surface area contributed by atoms with Crippen molar-refractivity contribution >= 4 is 34.3 Å². The molecular weight excluding hydrogens is 384 g/mol. The fourth-order valence-electron chi connectivity index (χ4n) is 3.79. The average molecular weight is 407 g/mol. The van der Waals surface area contributed by atoms with Crippen LogP contribution in [0.3, 0.4) is 0 Å². The van der Waals surface area contributed by atoms with Crippen molar-refractivity contribution < 1.29 is 5.11 Å². The van der Waals surface area contributed by atoms with Gasteiger partial charge in [-0.15, -0.1) is 0 Å². The molecule has 148 valence electrons. The summed E-state index contributed by atoms with van der Waals surface area (Å²) in [7, 11) is 0. The zero-order valence-corrected chi connectivity index (χ0v) is 16.7. The smallest absolute Gasteiger partial charge is 0.229 e. The highest BCUT2D eigenvalue weighted by molar-refractivity contribution is 7.08. The van der Waals surface area contributed by atoms with Gasteiger partial charge >= 0.3 is 0 Å². The Kier molecular flexibility index (Phi) is 4.87. The van der Waals surface area contributed by atoms with Crippen LogP contribution >= 0.6 is 11.3 Å². The molecule has 0 amide bonds. The third-order valence-electron chi connectivity index (χ3n) is 5.32. The minimum absolute atomic E-state index is 0.0620. The van der Waals surface area contributed by atoms with E-state index in [1.807, 2.05) is 28.1 Å². The first-order valence-corrected chi connectivity index (χ1v) is 10.7. The van der Waals surface area contributed by atoms with Crippen molar-refractivity contribution in [2.75, 3.05) is 23.4 Å². The molecule has 4 heterocycles. The summed E-state index contributed by atoms with van der Waals surface area (Å²) in [5, 5.41) is 17.3. The number of thiophene rings is 1. The summed E-state index contributed by atoms with van der Waals surface area (Å²) in [6, 6.07) is 12.3. The van der Waals surface area contributed by atoms with Crippen molar-refractivity contribution in [2.24, 2.45) is 0 Å². The van der Waals surface area contributed by atoms with Crippen LogP contribution in [0.4, 0.5) is 11.8 Å². The molecule has 1 atom stereocenters. The molecule has 1 unspecified atom stereocenters. The van der Waals surface area contributed by atoms with Gasteiger partial charge in [0, 0.05) is 18.5 Å². The van der Waals surface area contributed by atoms with Crippen LogP contribution in [-0.4, -0.2) is 43.8 Å². The quantitative estimate of drug-likeness (QED) is 0.511. The van der Waals surface area contributed by atoms with Crippen molar-refractivity contribution in [1.29, 1.82) is 0 Å². The number of hydrogen-bond donors (Lipinski definition) is 2. The van der Waals surface area contributed by atoms with Crippen molar-refractivity contribution in [2.45, 2.75) is 25.4 Å². The van der Waals surface area contributed by atoms with Crippen molar-refractivity contribution in [3.63, 3.8) is 0 Å². The van der Waals surface area contributed by atoms with Gasteiger partial charge in [-0.1, -0.05) is 30.3 Å². The standard InChI is InChI=1S/C21H22N6OS/c28-12-16-7-4-9-26(16)21-24-19(22-11-15-5-2-1-3-6-15)18-20(25-21)27(14-23-18)17-8-10-29-13-17/h1-3,5-6,8,10,13-14,16,28H,4,7,9,11-12H2,(H,22,24,25). The first-order valence-electron chi connectivity index (χ1n) is 9.76. The lowest BCUT2D eigenvalue weighted by atomic mass is 10.2. The molecule has 5 rings (SSSR count). The second-order valence-electron chi connectivity index (χ2n) is 7.15. The average Bonchev–Trinajstić information content (AvgIpc) is 3.52. The Morgan fingerprint density at radius 3 is 2.86 bits per heavy atom. The largest absolute Gasteiger partial charge is 0.394 e. The van der Waals surface area contributed by atoms with Gasteiger partial charge in [0.15, 0.2) is 17.0 Å². The van der Waals surface area contributed by atoms with E-state index in [-0.39, 0.29) is 12.6 Å². The number of aliphatic hydroxyl groups excluding tert-OH is 1. The number of imidazole rings is 1. The normalized spacial score (nSPS) is 16.6. The van der Waals surface area contributed by atoms with Crippen molar-refractivity contribution in [1.82, 2.24) is 19.5 Å². The minimum Gasteiger partial charge on any atom is -0.394 e. The summed E-state index contributed by atoms with van der Waals surface area (Å²) in [6.45, 7) is 1.61. The number of benzene rings is 1. The van der Waals surface area contributed by atoms with Gasteiger partial charge in [-0.3, -0.25) is 4.57 Å². The number of hydrogen-bond acceptors (Lipinski definition) is 7. The number of nitrogens with one attached hydrogen (secondary N) is 1. The summed E-state index contributed by atoms with van der Waals surface area (Å²) >= 11 is 1.64. The molecule has 29 heavy (non-hydrogen) atoms. The summed E-state index contributed by atoms with van der Waals surface area (Å²) in [4.78, 5) is 16.4. The Labute approximate surface area is 172 Å². The summed E-state index contributed by atoms with van der Waals surface area (Å²) in [6.07, 6.45) is 3.78. The zero-order chi connectivity index (χ0) is 19.6. The molecular formula is C21H22N6OS. The van der Waals surface area contributed by atoms with Crippen LogP contribution in [0.1, 0.15) is 18.4 Å². The Morgan fingerprint density at radius 2 is 2.07 bits per heavy atom. The van der Waals surface area contributed by atoms with E-state index < -0.39 is 0 Å². The predicted molar refractivity (Wildman–Crippen MR) is 116 cm³/mol. The van der Waals surface area contributed by atoms with Gasteiger partial charge in [-0.05, 0) is 29.9 Å². The third kappa shape index (κ3) is 3.45. The Balaban J connectivity index is 1.58. The van der Waals surface area contributed by atoms with Crippen molar-refractivity contribution in [3.8, 4) is 5.69 Å². The molecule has 3 aromatic heterocycles. The number of anilines is 2. The lowest BCUT2D eigenvalue weighted by Crippen LogP contribution is -2.33. The van der Waals surface area contributed by atoms with Gasteiger partial charge in [-0.25, -0.2) is 4.98 Å². The molecule has 4 aromatic rings. The van der Waals surface area contributed by atoms with Crippen LogP contribution in [-0.2, 0) is 6.54 Å². The predicted octanol–water partition coefficient (Wildman–Crippen LogP) is 3.45. The fourth-order valence-corrected chi connectivity index (χ4v) is 4.42. The first-order chi connectivity index (χ1) is 14.3. The zero-order valence-electron chi connectivity index (χ0n) is 15.9. The van der Waals surface area contributed by atoms with E-state index in [1.165, 1.54) is 5.56 Å². The minimum atomic E-state index is 0.0620. The van der Waals surface area contributed by atoms with Crippen LogP contribution in [0.15, 0.2) is 53.5 Å². The number of rotatable bonds is 6. The van der Waals surface area contributed by atoms with Gasteiger partial charge in [0.1, 0.15) is 6.33 Å². The molecule has 0 bridgehead atoms. The number of aliphatic hydroxyl groups is 1. The molecule has 2 N–H and O–H groups in total. The monoisotopic (exact) mass is 406 g/mol. The summed E-state index contributed by atoms with van der Waals surface area (Å²) < 4.78 is 1.99. The van der Waals surface area contributed by atoms with Gasteiger partial charge in [-0.2, -0.15) is 21.3 Å². The highest BCUT2D eigenvalue weighted by Crippen LogP contribution is 2.29. The maximum absolute atomic E-state index is 9.77. The van der Waals surface area contributed by atoms with Crippen LogP contribution in [0.5, 0.6) is 0 Å². The Bertz CT molecular complexity index is 1100. The maximum Gasteiger partial charge on any atom is 0.229 e. The molecule has 0 radical (unpaired) electrons. The molecule has 1 aliphatic heterocycles. The molecule has 7 nitrogen and oxygen atoms in total. The topological polar surface area (TPSA) is 79.1 Å². The van der Waals surface area contributed by atoms with E-state index in [0.29, 0.717) is 18.3 Å². The highest BCUT2D eigenvalue weighted by atomic mass is 32.1. The van der Waals surface area contributed by atoms with Crippen LogP contribution in [0, 0.1) is 0 Å². The number of nitrogens with zero attached hydrogens (tertiary/aromatic N) is 5. The lowest BCUT2D eigenvalue weighted by molar-refractivity contribution is 0.265. The molecule has 1 aliphatic rings. The second-order valence-corrected chi connectivity index (χ2v) is 7.93. The first kappa shape index (κ1) is 18.1. The number of aromatic nitrogens is 4. The number of fused-ring (bicyclic) bond motifs is 1. The van der Waals surface area contributed by atoms with E-state index in [4.69, 9.17) is 9.97 Å². The van der Waals surface area contributed by atoms with E-state index in [2.05, 4.69) is 38.8 Å². The third-order valence-corrected chi connectivity index (χ3v) is 5.99. The van der Waals surface area contributed by atoms with Gasteiger partial charge < -0.3 is 15.3 Å². The maximum atomic E-state index is 9.77. The fraction of sp³-hybridized carbons (Fsp3) is 0.286. The SMILES string of the molecule is OCC1CCCN1c1nc(NCc2ccccc2)c2ncn(-c3ccsc3)c2n1. The summed E-state index contributed by atoms with van der Waals surface area (Å²) in [5.41, 5.74) is 3.73. The molecule has 0 saturated carbocycles. The van der Waals surface area contributed by atoms with E-state index in [1.54, 1.807) is 17.7 Å². The molecule has 1 saturated heterocycles. The van der Waals surface area contributed by atoms with Crippen LogP contribution < -0.4 is 10.2 Å². The van der Waals surface area contributed by atoms with E-state index in [0.717, 1.165) is 36.2 Å². The highest BCUT2D eigenvalue weighted by Gasteiger charge is 2.27. The molecule has 1 fully saturated rings. The molecule has 1 aromatic carbocycles. The summed E-state index contributed by atoms with van der Waals surface area (Å²) in [5.74, 6) is 1.35. The van der Waals surface area contributed by atoms with Gasteiger partial charge in [0.25, 0.3) is 0 Å². The van der Waals surface area contributed by atoms with Gasteiger partial charge in [0.2, 0.25) is 5.95 Å². The Hall–Kier alpha value is -2.97. The van der Waals surface area contributed by atoms with Crippen LogP contribution in [0.2, 0.25) is 0 Å². The van der Waals surface area contributed by atoms with Crippen molar-refractivity contribution in [3.05, 3.63) is 59.0 Å². The van der Waals surface area contributed by atoms with E-state index in [9.17, 15) is 5.11 Å². The van der Waals surface area contributed by atoms with Crippen LogP contribution in [0.25, 0.3) is 16.9 Å². The Morgan fingerprint density at radius 1 is 1.17 bits per heavy atom. The van der Waals surface area contributed by atoms with Gasteiger partial charge in [0.05, 0.1) is 18.3 Å². The molecule has 0 aliphatic carbocycles. The molecule has 8 heteroatoms.